The number of ether oxygens (including phenoxy) is 1. The number of anilines is 1. The Balaban J connectivity index is 2.10. The minimum Gasteiger partial charge on any atom is -0.444 e. The molecule has 0 aromatic heterocycles. The van der Waals surface area contributed by atoms with Gasteiger partial charge in [0.15, 0.2) is 0 Å². The van der Waals surface area contributed by atoms with Crippen LogP contribution in [0.4, 0.5) is 28.0 Å². The van der Waals surface area contributed by atoms with Crippen molar-refractivity contribution in [1.29, 1.82) is 0 Å². The Morgan fingerprint density at radius 1 is 1.06 bits per heavy atom. The highest BCUT2D eigenvalue weighted by Gasteiger charge is 2.57. The number of hydrogen-bond acceptors (Lipinski definition) is 3. The van der Waals surface area contributed by atoms with Crippen molar-refractivity contribution >= 4 is 17.7 Å². The smallest absolute Gasteiger partial charge is 0.416 e. The van der Waals surface area contributed by atoms with E-state index in [1.807, 2.05) is 0 Å². The number of nitrogens with one attached hydrogen (secondary N) is 1. The fraction of sp³-hybridized carbons (Fsp3) is 0.364. The number of nitrogens with zero attached hydrogens (tertiary/aromatic N) is 1. The molecule has 2 aromatic carbocycles. The lowest BCUT2D eigenvalue weighted by Crippen LogP contribution is -2.48. The van der Waals surface area contributed by atoms with E-state index in [4.69, 9.17) is 4.74 Å². The van der Waals surface area contributed by atoms with Crippen LogP contribution in [-0.2, 0) is 21.4 Å². The van der Waals surface area contributed by atoms with Crippen LogP contribution in [0.1, 0.15) is 43.5 Å². The van der Waals surface area contributed by atoms with Gasteiger partial charge >= 0.3 is 12.3 Å². The Morgan fingerprint density at radius 2 is 1.65 bits per heavy atom. The molecule has 1 heterocycles. The number of halogens is 4. The van der Waals surface area contributed by atoms with Crippen molar-refractivity contribution in [2.24, 2.45) is 0 Å². The summed E-state index contributed by atoms with van der Waals surface area (Å²) in [5.74, 6) is -0.949. The first-order valence-electron chi connectivity index (χ1n) is 9.48. The molecule has 31 heavy (non-hydrogen) atoms. The predicted molar refractivity (Wildman–Crippen MR) is 106 cm³/mol. The van der Waals surface area contributed by atoms with Gasteiger partial charge in [0, 0.05) is 12.6 Å². The molecule has 3 rings (SSSR count). The van der Waals surface area contributed by atoms with Gasteiger partial charge in [-0.25, -0.2) is 9.18 Å². The third kappa shape index (κ3) is 4.22. The number of alkyl carbamates (subject to hydrolysis) is 1. The minimum atomic E-state index is -4.59. The van der Waals surface area contributed by atoms with Crippen LogP contribution in [0.5, 0.6) is 0 Å². The number of alkyl halides is 4. The highest BCUT2D eigenvalue weighted by molar-refractivity contribution is 6.07. The van der Waals surface area contributed by atoms with Gasteiger partial charge in [-0.2, -0.15) is 13.2 Å². The fourth-order valence-electron chi connectivity index (χ4n) is 3.52. The van der Waals surface area contributed by atoms with E-state index in [2.05, 4.69) is 5.32 Å². The molecule has 0 saturated heterocycles. The minimum absolute atomic E-state index is 0.00320. The predicted octanol–water partition coefficient (Wildman–Crippen LogP) is 5.11. The molecule has 5 nitrogen and oxygen atoms in total. The Labute approximate surface area is 177 Å². The molecule has 0 radical (unpaired) electrons. The maximum Gasteiger partial charge on any atom is 0.416 e. The molecule has 1 aliphatic rings. The first kappa shape index (κ1) is 22.6. The van der Waals surface area contributed by atoms with Crippen molar-refractivity contribution in [2.45, 2.75) is 44.3 Å². The van der Waals surface area contributed by atoms with E-state index < -0.39 is 41.1 Å². The normalized spacial score (nSPS) is 19.7. The van der Waals surface area contributed by atoms with Crippen molar-refractivity contribution in [3.05, 3.63) is 65.2 Å². The van der Waals surface area contributed by atoms with Crippen LogP contribution >= 0.6 is 0 Å². The average Bonchev–Trinajstić information content (AvgIpc) is 2.87. The molecule has 2 amide bonds. The third-order valence-electron chi connectivity index (χ3n) is 4.90. The first-order valence-corrected chi connectivity index (χ1v) is 9.48. The Hall–Kier alpha value is -3.10. The second kappa shape index (κ2) is 7.55. The van der Waals surface area contributed by atoms with E-state index in [1.54, 1.807) is 32.9 Å². The molecular formula is C22H22F4N2O3. The maximum atomic E-state index is 16.5. The monoisotopic (exact) mass is 438 g/mol. The van der Waals surface area contributed by atoms with Crippen molar-refractivity contribution < 1.29 is 31.9 Å². The summed E-state index contributed by atoms with van der Waals surface area (Å²) in [5, 5.41) is 2.36. The van der Waals surface area contributed by atoms with E-state index >= 15 is 4.39 Å². The number of para-hydroxylation sites is 1. The average molecular weight is 438 g/mol. The summed E-state index contributed by atoms with van der Waals surface area (Å²) in [4.78, 5) is 26.5. The molecular weight excluding hydrogens is 416 g/mol. The number of amides is 2. The Morgan fingerprint density at radius 3 is 2.19 bits per heavy atom. The van der Waals surface area contributed by atoms with Crippen molar-refractivity contribution in [3.63, 3.8) is 0 Å². The van der Waals surface area contributed by atoms with Gasteiger partial charge in [-0.15, -0.1) is 0 Å². The van der Waals surface area contributed by atoms with Gasteiger partial charge in [-0.05, 0) is 44.5 Å². The lowest BCUT2D eigenvalue weighted by atomic mass is 9.84. The first-order chi connectivity index (χ1) is 14.2. The quantitative estimate of drug-likeness (QED) is 0.678. The lowest BCUT2D eigenvalue weighted by Gasteiger charge is -2.31. The molecule has 0 spiro atoms. The van der Waals surface area contributed by atoms with E-state index in [1.165, 1.54) is 19.2 Å². The van der Waals surface area contributed by atoms with Gasteiger partial charge in [-0.1, -0.05) is 30.3 Å². The summed E-state index contributed by atoms with van der Waals surface area (Å²) in [6.45, 7) is 4.82. The van der Waals surface area contributed by atoms with Crippen molar-refractivity contribution in [2.75, 3.05) is 11.9 Å². The highest BCUT2D eigenvalue weighted by Crippen LogP contribution is 2.49. The number of fused-ring (bicyclic) bond motifs is 1. The molecule has 2 aromatic rings. The number of hydrogen-bond donors (Lipinski definition) is 1. The maximum absolute atomic E-state index is 16.5. The fourth-order valence-corrected chi connectivity index (χ4v) is 3.52. The molecule has 166 valence electrons. The molecule has 0 bridgehead atoms. The van der Waals surface area contributed by atoms with Crippen LogP contribution in [0.25, 0.3) is 0 Å². The molecule has 1 unspecified atom stereocenters. The van der Waals surface area contributed by atoms with Gasteiger partial charge < -0.3 is 15.0 Å². The second-order valence-electron chi connectivity index (χ2n) is 8.29. The van der Waals surface area contributed by atoms with Gasteiger partial charge in [-0.3, -0.25) is 4.79 Å². The van der Waals surface area contributed by atoms with Crippen LogP contribution in [0, 0.1) is 0 Å². The summed E-state index contributed by atoms with van der Waals surface area (Å²) < 4.78 is 60.7. The molecule has 0 saturated carbocycles. The summed E-state index contributed by atoms with van der Waals surface area (Å²) in [5.41, 5.74) is -4.30. The topological polar surface area (TPSA) is 58.6 Å². The molecule has 9 heteroatoms. The molecule has 1 aliphatic heterocycles. The largest absolute Gasteiger partial charge is 0.444 e. The summed E-state index contributed by atoms with van der Waals surface area (Å²) in [6, 6.07) is 8.13. The van der Waals surface area contributed by atoms with Crippen LogP contribution in [0.2, 0.25) is 0 Å². The molecule has 0 fully saturated rings. The van der Waals surface area contributed by atoms with Gasteiger partial charge in [0.1, 0.15) is 11.6 Å². The van der Waals surface area contributed by atoms with E-state index in [-0.39, 0.29) is 11.1 Å². The summed E-state index contributed by atoms with van der Waals surface area (Å²) in [7, 11) is 1.39. The molecule has 2 atom stereocenters. The number of carbonyl (C=O) groups excluding carboxylic acids is 2. The Bertz CT molecular complexity index is 999. The molecule has 0 aliphatic carbocycles. The number of benzene rings is 2. The van der Waals surface area contributed by atoms with E-state index in [0.29, 0.717) is 5.69 Å². The summed E-state index contributed by atoms with van der Waals surface area (Å²) >= 11 is 0. The van der Waals surface area contributed by atoms with Crippen molar-refractivity contribution in [1.82, 2.24) is 5.32 Å². The SMILES string of the molecule is CN1C(=O)[C@@](F)(C(NC(=O)OC(C)(C)C)c2ccc(C(F)(F)F)cc2)c2ccccc21. The number of carbonyl (C=O) groups is 2. The van der Waals surface area contributed by atoms with Gasteiger partial charge in [0.2, 0.25) is 5.67 Å². The zero-order chi connectivity index (χ0) is 23.2. The van der Waals surface area contributed by atoms with Gasteiger partial charge in [0.05, 0.1) is 11.3 Å². The standard InChI is InChI=1S/C22H22F4N2O3/c1-20(2,3)31-19(30)27-17(13-9-11-14(12-10-13)22(24,25)26)21(23)15-7-5-6-8-16(15)28(4)18(21)29/h5-12,17H,1-4H3,(H,27,30)/t17?,21-/m0/s1. The van der Waals surface area contributed by atoms with Crippen LogP contribution in [-0.4, -0.2) is 24.6 Å². The van der Waals surface area contributed by atoms with Crippen molar-refractivity contribution in [3.8, 4) is 0 Å². The zero-order valence-electron chi connectivity index (χ0n) is 17.4. The molecule has 1 N–H and O–H groups in total. The lowest BCUT2D eigenvalue weighted by molar-refractivity contribution is -0.137. The number of likely N-dealkylation sites (N-methyl/N-ethyl adjacent to an activating group) is 1. The van der Waals surface area contributed by atoms with Crippen LogP contribution < -0.4 is 10.2 Å². The van der Waals surface area contributed by atoms with Gasteiger partial charge in [0.25, 0.3) is 5.91 Å². The van der Waals surface area contributed by atoms with Crippen LogP contribution in [0.15, 0.2) is 48.5 Å². The van der Waals surface area contributed by atoms with E-state index in [0.717, 1.165) is 29.2 Å². The summed E-state index contributed by atoms with van der Waals surface area (Å²) in [6.07, 6.45) is -5.59. The van der Waals surface area contributed by atoms with E-state index in [9.17, 15) is 22.8 Å². The third-order valence-corrected chi connectivity index (χ3v) is 4.90. The number of rotatable bonds is 3. The second-order valence-corrected chi connectivity index (χ2v) is 8.29. The Kier molecular flexibility index (Phi) is 5.50. The van der Waals surface area contributed by atoms with Crippen LogP contribution in [0.3, 0.4) is 0 Å². The highest BCUT2D eigenvalue weighted by atomic mass is 19.4. The zero-order valence-corrected chi connectivity index (χ0v) is 17.4.